The number of piperidine rings is 1. The third-order valence-corrected chi connectivity index (χ3v) is 3.11. The summed E-state index contributed by atoms with van der Waals surface area (Å²) in [7, 11) is 0. The first kappa shape index (κ1) is 13.9. The number of hydrogen-bond donors (Lipinski definition) is 1. The highest BCUT2D eigenvalue weighted by atomic mass is 19.3. The van der Waals surface area contributed by atoms with Crippen LogP contribution >= 0.6 is 0 Å². The summed E-state index contributed by atoms with van der Waals surface area (Å²) in [4.78, 5) is 24.3. The van der Waals surface area contributed by atoms with E-state index in [2.05, 4.69) is 0 Å². The molecular weight excluding hydrogens is 230 g/mol. The molecule has 1 aliphatic heterocycles. The Morgan fingerprint density at radius 2 is 1.76 bits per heavy atom. The van der Waals surface area contributed by atoms with E-state index in [1.165, 1.54) is 4.90 Å². The molecule has 6 heteroatoms. The van der Waals surface area contributed by atoms with Crippen LogP contribution in [0, 0.1) is 5.41 Å². The van der Waals surface area contributed by atoms with E-state index in [1.807, 2.05) is 0 Å². The van der Waals surface area contributed by atoms with Crippen molar-refractivity contribution in [3.63, 3.8) is 0 Å². The maximum atomic E-state index is 12.9. The minimum absolute atomic E-state index is 0.0338. The van der Waals surface area contributed by atoms with Crippen LogP contribution in [0.4, 0.5) is 8.78 Å². The summed E-state index contributed by atoms with van der Waals surface area (Å²) >= 11 is 0. The summed E-state index contributed by atoms with van der Waals surface area (Å²) in [6.07, 6.45) is -0.653. The van der Waals surface area contributed by atoms with Gasteiger partial charge in [-0.3, -0.25) is 9.59 Å². The Morgan fingerprint density at radius 3 is 2.18 bits per heavy atom. The van der Waals surface area contributed by atoms with Gasteiger partial charge in [0, 0.05) is 32.4 Å². The van der Waals surface area contributed by atoms with Crippen molar-refractivity contribution in [2.45, 2.75) is 39.0 Å². The van der Waals surface area contributed by atoms with Crippen molar-refractivity contribution in [1.82, 2.24) is 4.90 Å². The van der Waals surface area contributed by atoms with Gasteiger partial charge in [-0.25, -0.2) is 8.78 Å². The van der Waals surface area contributed by atoms with Gasteiger partial charge < -0.3 is 10.6 Å². The van der Waals surface area contributed by atoms with Crippen LogP contribution in [-0.4, -0.2) is 35.7 Å². The molecule has 0 saturated carbocycles. The van der Waals surface area contributed by atoms with Crippen LogP contribution in [0.3, 0.4) is 0 Å². The van der Waals surface area contributed by atoms with Gasteiger partial charge in [-0.2, -0.15) is 0 Å². The average Bonchev–Trinajstić information content (AvgIpc) is 2.16. The molecule has 98 valence electrons. The van der Waals surface area contributed by atoms with E-state index < -0.39 is 17.2 Å². The summed E-state index contributed by atoms with van der Waals surface area (Å²) in [5, 5.41) is 0. The molecule has 0 aromatic carbocycles. The van der Waals surface area contributed by atoms with Gasteiger partial charge in [-0.15, -0.1) is 0 Å². The Labute approximate surface area is 99.1 Å². The van der Waals surface area contributed by atoms with Crippen molar-refractivity contribution < 1.29 is 18.4 Å². The van der Waals surface area contributed by atoms with Gasteiger partial charge in [-0.05, 0) is 0 Å². The summed E-state index contributed by atoms with van der Waals surface area (Å²) in [6, 6.07) is 0. The van der Waals surface area contributed by atoms with Gasteiger partial charge in [-0.1, -0.05) is 13.8 Å². The molecule has 0 aromatic heterocycles. The standard InChI is InChI=1S/C11H18F2N2O2/c1-10(2,9(14)17)7-8(16)15-5-3-11(12,13)4-6-15/h3-7H2,1-2H3,(H2,14,17). The third kappa shape index (κ3) is 3.64. The number of amides is 2. The molecule has 0 bridgehead atoms. The zero-order chi connectivity index (χ0) is 13.3. The summed E-state index contributed by atoms with van der Waals surface area (Å²) < 4.78 is 25.8. The van der Waals surface area contributed by atoms with Gasteiger partial charge in [0.1, 0.15) is 0 Å². The van der Waals surface area contributed by atoms with Crippen molar-refractivity contribution >= 4 is 11.8 Å². The lowest BCUT2D eigenvalue weighted by Crippen LogP contribution is -2.45. The number of carbonyl (C=O) groups is 2. The molecule has 0 radical (unpaired) electrons. The normalized spacial score (nSPS) is 20.1. The Balaban J connectivity index is 2.53. The molecule has 1 heterocycles. The zero-order valence-electron chi connectivity index (χ0n) is 10.1. The topological polar surface area (TPSA) is 63.4 Å². The zero-order valence-corrected chi connectivity index (χ0v) is 10.1. The number of carbonyl (C=O) groups excluding carboxylic acids is 2. The smallest absolute Gasteiger partial charge is 0.251 e. The number of rotatable bonds is 3. The lowest BCUT2D eigenvalue weighted by molar-refractivity contribution is -0.143. The second kappa shape index (κ2) is 4.58. The number of nitrogens with two attached hydrogens (primary N) is 1. The fraction of sp³-hybridized carbons (Fsp3) is 0.818. The summed E-state index contributed by atoms with van der Waals surface area (Å²) in [5.41, 5.74) is 4.23. The first-order valence-corrected chi connectivity index (χ1v) is 5.60. The largest absolute Gasteiger partial charge is 0.369 e. The molecule has 1 rings (SSSR count). The number of halogens is 2. The van der Waals surface area contributed by atoms with Crippen LogP contribution in [0.5, 0.6) is 0 Å². The second-order valence-corrected chi connectivity index (χ2v) is 5.16. The van der Waals surface area contributed by atoms with E-state index in [9.17, 15) is 18.4 Å². The second-order valence-electron chi connectivity index (χ2n) is 5.16. The molecule has 0 unspecified atom stereocenters. The minimum Gasteiger partial charge on any atom is -0.369 e. The Bertz CT molecular complexity index is 319. The number of alkyl halides is 2. The molecule has 17 heavy (non-hydrogen) atoms. The minimum atomic E-state index is -2.67. The van der Waals surface area contributed by atoms with Gasteiger partial charge in [0.15, 0.2) is 0 Å². The van der Waals surface area contributed by atoms with E-state index in [4.69, 9.17) is 5.73 Å². The molecule has 2 N–H and O–H groups in total. The fourth-order valence-electron chi connectivity index (χ4n) is 1.66. The molecule has 0 atom stereocenters. The van der Waals surface area contributed by atoms with Crippen molar-refractivity contribution in [3.05, 3.63) is 0 Å². The number of nitrogens with zero attached hydrogens (tertiary/aromatic N) is 1. The maximum absolute atomic E-state index is 12.9. The Kier molecular flexibility index (Phi) is 3.74. The monoisotopic (exact) mass is 248 g/mol. The molecular formula is C11H18F2N2O2. The van der Waals surface area contributed by atoms with E-state index in [0.29, 0.717) is 0 Å². The molecule has 0 spiro atoms. The van der Waals surface area contributed by atoms with Gasteiger partial charge in [0.25, 0.3) is 5.92 Å². The van der Waals surface area contributed by atoms with Gasteiger partial charge >= 0.3 is 0 Å². The SMILES string of the molecule is CC(C)(CC(=O)N1CCC(F)(F)CC1)C(N)=O. The van der Waals surface area contributed by atoms with Crippen LogP contribution in [0.2, 0.25) is 0 Å². The lowest BCUT2D eigenvalue weighted by Gasteiger charge is -2.33. The van der Waals surface area contributed by atoms with Crippen molar-refractivity contribution in [3.8, 4) is 0 Å². The molecule has 0 aromatic rings. The highest BCUT2D eigenvalue weighted by molar-refractivity contribution is 5.87. The van der Waals surface area contributed by atoms with Gasteiger partial charge in [0.2, 0.25) is 11.8 Å². The predicted molar refractivity (Wildman–Crippen MR) is 58.4 cm³/mol. The van der Waals surface area contributed by atoms with Crippen molar-refractivity contribution in [2.75, 3.05) is 13.1 Å². The molecule has 1 saturated heterocycles. The van der Waals surface area contributed by atoms with E-state index in [-0.39, 0.29) is 38.3 Å². The van der Waals surface area contributed by atoms with E-state index in [0.717, 1.165) is 0 Å². The van der Waals surface area contributed by atoms with E-state index in [1.54, 1.807) is 13.8 Å². The average molecular weight is 248 g/mol. The van der Waals surface area contributed by atoms with Crippen LogP contribution in [0.1, 0.15) is 33.1 Å². The molecule has 1 fully saturated rings. The van der Waals surface area contributed by atoms with Gasteiger partial charge in [0.05, 0.1) is 5.41 Å². The van der Waals surface area contributed by atoms with Crippen molar-refractivity contribution in [2.24, 2.45) is 11.1 Å². The maximum Gasteiger partial charge on any atom is 0.251 e. The molecule has 0 aliphatic carbocycles. The predicted octanol–water partition coefficient (Wildman–Crippen LogP) is 1.15. The Hall–Kier alpha value is -1.20. The third-order valence-electron chi connectivity index (χ3n) is 3.11. The molecule has 4 nitrogen and oxygen atoms in total. The fourth-order valence-corrected chi connectivity index (χ4v) is 1.66. The van der Waals surface area contributed by atoms with Crippen LogP contribution in [-0.2, 0) is 9.59 Å². The number of primary amides is 1. The molecule has 1 aliphatic rings. The van der Waals surface area contributed by atoms with Crippen molar-refractivity contribution in [1.29, 1.82) is 0 Å². The highest BCUT2D eigenvalue weighted by Gasteiger charge is 2.37. The van der Waals surface area contributed by atoms with Crippen LogP contribution in [0.25, 0.3) is 0 Å². The van der Waals surface area contributed by atoms with E-state index >= 15 is 0 Å². The number of hydrogen-bond acceptors (Lipinski definition) is 2. The quantitative estimate of drug-likeness (QED) is 0.814. The summed E-state index contributed by atoms with van der Waals surface area (Å²) in [5.74, 6) is -3.52. The first-order valence-electron chi connectivity index (χ1n) is 5.60. The number of likely N-dealkylation sites (tertiary alicyclic amines) is 1. The highest BCUT2D eigenvalue weighted by Crippen LogP contribution is 2.29. The Morgan fingerprint density at radius 1 is 1.29 bits per heavy atom. The summed E-state index contributed by atoms with van der Waals surface area (Å²) in [6.45, 7) is 3.24. The molecule has 2 amide bonds. The lowest BCUT2D eigenvalue weighted by atomic mass is 9.87. The van der Waals surface area contributed by atoms with Crippen LogP contribution < -0.4 is 5.73 Å². The van der Waals surface area contributed by atoms with Crippen LogP contribution in [0.15, 0.2) is 0 Å². The first-order chi connectivity index (χ1) is 7.64.